The molecule has 1 saturated carbocycles. The van der Waals surface area contributed by atoms with E-state index >= 15 is 0 Å². The van der Waals surface area contributed by atoms with Crippen molar-refractivity contribution in [1.29, 1.82) is 0 Å². The van der Waals surface area contributed by atoms with E-state index in [2.05, 4.69) is 51.5 Å². The number of hydrogen-bond acceptors (Lipinski definition) is 23. The second-order valence-corrected chi connectivity index (χ2v) is 26.0. The SMILES string of the molecule is COc1cc(OCCCS(=O)(=O)O)ccc1N=Nc1ccc(N=Nc2cc(OCCCSC)c(NC(=O)Nc3cc(C)c(N=Nc4ccc(N=Nc5ccc(OCCCS(=O)(=O)O)cc5OC)cc4OC)cc3C3CC3CCCS(=O)(=O)O)cc2C)c(OC)c1. The summed E-state index contributed by atoms with van der Waals surface area (Å²) in [5.41, 5.74) is 6.23. The van der Waals surface area contributed by atoms with Gasteiger partial charge in [0, 0.05) is 36.0 Å². The van der Waals surface area contributed by atoms with E-state index in [1.54, 1.807) is 103 Å². The van der Waals surface area contributed by atoms with Crippen molar-refractivity contribution < 1.29 is 76.9 Å². The minimum atomic E-state index is -4.16. The van der Waals surface area contributed by atoms with Crippen molar-refractivity contribution >= 4 is 105 Å². The van der Waals surface area contributed by atoms with Crippen molar-refractivity contribution in [3.05, 3.63) is 114 Å². The fraction of sp³-hybridized carbons (Fsp3) is 0.373. The average Bonchev–Trinajstić information content (AvgIpc) is 1.76. The third-order valence-corrected chi connectivity index (χ3v) is 16.7. The summed E-state index contributed by atoms with van der Waals surface area (Å²) in [4.78, 5) is 14.2. The highest BCUT2D eigenvalue weighted by atomic mass is 32.2. The van der Waals surface area contributed by atoms with Gasteiger partial charge in [0.15, 0.2) is 0 Å². The zero-order valence-corrected chi connectivity index (χ0v) is 53.6. The molecule has 7 rings (SSSR count). The van der Waals surface area contributed by atoms with Crippen LogP contribution in [0.4, 0.5) is 61.7 Å². The number of amides is 2. The largest absolute Gasteiger partial charge is 0.494 e. The lowest BCUT2D eigenvalue weighted by Crippen LogP contribution is -2.21. The van der Waals surface area contributed by atoms with Crippen LogP contribution in [-0.4, -0.2) is 122 Å². The van der Waals surface area contributed by atoms with Crippen LogP contribution in [0, 0.1) is 19.8 Å². The Kier molecular flexibility index (Phi) is 24.9. The zero-order chi connectivity index (χ0) is 65.0. The highest BCUT2D eigenvalue weighted by Crippen LogP contribution is 2.54. The van der Waals surface area contributed by atoms with Crippen molar-refractivity contribution in [3.8, 4) is 40.2 Å². The maximum atomic E-state index is 14.2. The number of rotatable bonds is 34. The number of ether oxygens (including phenoxy) is 7. The Hall–Kier alpha value is -8.33. The van der Waals surface area contributed by atoms with Gasteiger partial charge in [-0.2, -0.15) is 57.5 Å². The van der Waals surface area contributed by atoms with E-state index in [9.17, 15) is 34.6 Å². The molecule has 0 aromatic heterocycles. The highest BCUT2D eigenvalue weighted by molar-refractivity contribution is 7.98. The summed E-state index contributed by atoms with van der Waals surface area (Å²) in [7, 11) is -6.50. The molecular formula is C59H70N10O17S4. The third-order valence-electron chi connectivity index (χ3n) is 13.5. The molecule has 0 bridgehead atoms. The number of aryl methyl sites for hydroxylation is 2. The van der Waals surface area contributed by atoms with Crippen molar-refractivity contribution in [3.63, 3.8) is 0 Å². The Balaban J connectivity index is 1.08. The predicted molar refractivity (Wildman–Crippen MR) is 342 cm³/mol. The summed E-state index contributed by atoms with van der Waals surface area (Å²) in [5.74, 6) is 2.09. The molecule has 1 aliphatic rings. The van der Waals surface area contributed by atoms with Gasteiger partial charge in [-0.25, -0.2) is 4.79 Å². The standard InChI is InChI=1S/C59H70N10O17S4/c1-37-28-52(45(44-30-39(44)12-8-25-88(71,72)73)35-50(37)68-66-46-17-13-40(31-54(46)80-3)62-64-48-19-15-42(33-56(48)82-5)84-22-10-26-89(74,75)76)60-59(70)61-53-29-38(2)51(36-58(53)86-21-9-24-87-7)69-67-47-18-14-41(32-55(47)81-4)63-65-49-20-16-43(34-57(49)83-6)85-23-11-27-90(77,78)79/h13-20,28-29,31-36,39,44H,8-12,21-27,30H2,1-7H3,(H2,60,61,70)(H,71,72,73)(H,74,75,76)(H,77,78,79). The van der Waals surface area contributed by atoms with Crippen LogP contribution in [0.1, 0.15) is 61.1 Å². The van der Waals surface area contributed by atoms with Gasteiger partial charge in [0.1, 0.15) is 63.0 Å². The molecular weight excluding hydrogens is 1250 g/mol. The van der Waals surface area contributed by atoms with E-state index in [-0.39, 0.29) is 50.1 Å². The van der Waals surface area contributed by atoms with Crippen LogP contribution in [0.15, 0.2) is 138 Å². The lowest BCUT2D eigenvalue weighted by atomic mass is 10.0. The van der Waals surface area contributed by atoms with Crippen LogP contribution in [0.5, 0.6) is 40.2 Å². The molecule has 0 heterocycles. The molecule has 0 aliphatic heterocycles. The van der Waals surface area contributed by atoms with Crippen molar-refractivity contribution in [2.45, 2.75) is 58.3 Å². The Bertz CT molecular complexity index is 3990. The zero-order valence-electron chi connectivity index (χ0n) is 50.4. The summed E-state index contributed by atoms with van der Waals surface area (Å²) in [5, 5.41) is 41.6. The van der Waals surface area contributed by atoms with Gasteiger partial charge in [0.2, 0.25) is 0 Å². The van der Waals surface area contributed by atoms with E-state index in [1.165, 1.54) is 28.4 Å². The minimum Gasteiger partial charge on any atom is -0.494 e. The average molecular weight is 1320 g/mol. The summed E-state index contributed by atoms with van der Waals surface area (Å²) in [6.07, 6.45) is 4.35. The fourth-order valence-electron chi connectivity index (χ4n) is 8.96. The van der Waals surface area contributed by atoms with Gasteiger partial charge < -0.3 is 43.8 Å². The molecule has 0 saturated heterocycles. The molecule has 31 heteroatoms. The molecule has 1 aliphatic carbocycles. The third kappa shape index (κ3) is 21.7. The Morgan fingerprint density at radius 1 is 0.489 bits per heavy atom. The first-order valence-corrected chi connectivity index (χ1v) is 34.2. The number of methoxy groups -OCH3 is 4. The maximum absolute atomic E-state index is 14.2. The Morgan fingerprint density at radius 2 is 0.900 bits per heavy atom. The second-order valence-electron chi connectivity index (χ2n) is 20.3. The molecule has 0 radical (unpaired) electrons. The topological polar surface area (TPSA) is 368 Å². The van der Waals surface area contributed by atoms with E-state index in [4.69, 9.17) is 42.3 Å². The molecule has 482 valence electrons. The van der Waals surface area contributed by atoms with Gasteiger partial charge in [-0.1, -0.05) is 0 Å². The first kappa shape index (κ1) is 69.1. The first-order chi connectivity index (χ1) is 42.9. The van der Waals surface area contributed by atoms with Crippen molar-refractivity contribution in [1.82, 2.24) is 0 Å². The lowest BCUT2D eigenvalue weighted by molar-refractivity contribution is 0.261. The van der Waals surface area contributed by atoms with Crippen molar-refractivity contribution in [2.75, 3.05) is 88.2 Å². The molecule has 1 fully saturated rings. The van der Waals surface area contributed by atoms with Crippen LogP contribution >= 0.6 is 11.8 Å². The highest BCUT2D eigenvalue weighted by Gasteiger charge is 2.40. The van der Waals surface area contributed by atoms with Crippen LogP contribution in [0.25, 0.3) is 0 Å². The number of carbonyl (C=O) groups is 1. The molecule has 6 aromatic carbocycles. The molecule has 2 amide bonds. The van der Waals surface area contributed by atoms with Gasteiger partial charge in [-0.15, -0.1) is 20.5 Å². The second kappa shape index (κ2) is 32.4. The van der Waals surface area contributed by atoms with E-state index in [1.807, 2.05) is 26.2 Å². The lowest BCUT2D eigenvalue weighted by Gasteiger charge is -2.17. The van der Waals surface area contributed by atoms with Gasteiger partial charge in [-0.05, 0) is 160 Å². The summed E-state index contributed by atoms with van der Waals surface area (Å²) in [6.45, 7) is 4.07. The van der Waals surface area contributed by atoms with Gasteiger partial charge in [0.05, 0.1) is 94.0 Å². The molecule has 2 atom stereocenters. The number of azo groups is 4. The number of nitrogens with one attached hydrogen (secondary N) is 2. The fourth-order valence-corrected chi connectivity index (χ4v) is 10.9. The van der Waals surface area contributed by atoms with Crippen molar-refractivity contribution in [2.24, 2.45) is 46.8 Å². The van der Waals surface area contributed by atoms with Crippen LogP contribution in [0.3, 0.4) is 0 Å². The number of urea groups is 1. The molecule has 27 nitrogen and oxygen atoms in total. The number of hydrogen-bond donors (Lipinski definition) is 5. The maximum Gasteiger partial charge on any atom is 0.323 e. The summed E-state index contributed by atoms with van der Waals surface area (Å²) in [6, 6.07) is 26.1. The number of anilines is 2. The monoisotopic (exact) mass is 1320 g/mol. The molecule has 5 N–H and O–H groups in total. The first-order valence-electron chi connectivity index (χ1n) is 27.9. The van der Waals surface area contributed by atoms with E-state index in [0.29, 0.717) is 128 Å². The minimum absolute atomic E-state index is 0.0482. The molecule has 2 unspecified atom stereocenters. The molecule has 90 heavy (non-hydrogen) atoms. The smallest absolute Gasteiger partial charge is 0.323 e. The summed E-state index contributed by atoms with van der Waals surface area (Å²) >= 11 is 1.67. The van der Waals surface area contributed by atoms with Gasteiger partial charge in [-0.3, -0.25) is 13.7 Å². The van der Waals surface area contributed by atoms with Crippen LogP contribution < -0.4 is 43.8 Å². The van der Waals surface area contributed by atoms with Gasteiger partial charge >= 0.3 is 6.03 Å². The van der Waals surface area contributed by atoms with Crippen LogP contribution in [0.2, 0.25) is 0 Å². The number of benzene rings is 6. The Labute approximate surface area is 526 Å². The summed E-state index contributed by atoms with van der Waals surface area (Å²) < 4.78 is 134. The quantitative estimate of drug-likeness (QED) is 0.0142. The number of nitrogens with zero attached hydrogens (tertiary/aromatic N) is 8. The normalized spacial score (nSPS) is 14.3. The number of carbonyl (C=O) groups excluding carboxylic acids is 1. The van der Waals surface area contributed by atoms with Gasteiger partial charge in [0.25, 0.3) is 30.4 Å². The Morgan fingerprint density at radius 3 is 1.38 bits per heavy atom. The molecule has 6 aromatic rings. The van der Waals surface area contributed by atoms with E-state index in [0.717, 1.165) is 17.7 Å². The molecule has 0 spiro atoms. The van der Waals surface area contributed by atoms with E-state index < -0.39 is 47.9 Å². The number of thioether (sulfide) groups is 1. The van der Waals surface area contributed by atoms with Crippen LogP contribution in [-0.2, 0) is 30.4 Å². The predicted octanol–water partition coefficient (Wildman–Crippen LogP) is 14.9.